The number of benzene rings is 2. The van der Waals surface area contributed by atoms with Crippen LogP contribution in [0.2, 0.25) is 0 Å². The molecule has 2 heterocycles. The first-order valence-electron chi connectivity index (χ1n) is 9.62. The number of ether oxygens (including phenoxy) is 1. The molecule has 1 aliphatic heterocycles. The average Bonchev–Trinajstić information content (AvgIpc) is 3.36. The van der Waals surface area contributed by atoms with E-state index < -0.39 is 29.3 Å². The lowest BCUT2D eigenvalue weighted by Crippen LogP contribution is -2.29. The molecule has 1 atom stereocenters. The van der Waals surface area contributed by atoms with Gasteiger partial charge < -0.3 is 19.2 Å². The Balaban J connectivity index is 1.86. The van der Waals surface area contributed by atoms with E-state index in [0.29, 0.717) is 11.3 Å². The topological polar surface area (TPSA) is 80.0 Å². The van der Waals surface area contributed by atoms with Crippen molar-refractivity contribution in [3.05, 3.63) is 94.7 Å². The van der Waals surface area contributed by atoms with Crippen molar-refractivity contribution in [1.29, 1.82) is 0 Å². The molecule has 2 aromatic carbocycles. The molecule has 0 radical (unpaired) electrons. The van der Waals surface area contributed by atoms with Gasteiger partial charge in [-0.05, 0) is 42.8 Å². The summed E-state index contributed by atoms with van der Waals surface area (Å²) in [6.45, 7) is 1.97. The molecule has 7 heteroatoms. The maximum absolute atomic E-state index is 14.2. The first-order valence-corrected chi connectivity index (χ1v) is 9.62. The highest BCUT2D eigenvalue weighted by atomic mass is 19.1. The number of aliphatic hydroxyl groups is 1. The van der Waals surface area contributed by atoms with Gasteiger partial charge in [0.25, 0.3) is 11.7 Å². The van der Waals surface area contributed by atoms with Gasteiger partial charge in [-0.2, -0.15) is 0 Å². The first-order chi connectivity index (χ1) is 14.9. The zero-order chi connectivity index (χ0) is 22.1. The van der Waals surface area contributed by atoms with Crippen molar-refractivity contribution < 1.29 is 28.2 Å². The molecule has 31 heavy (non-hydrogen) atoms. The van der Waals surface area contributed by atoms with Gasteiger partial charge in [0.15, 0.2) is 11.6 Å². The summed E-state index contributed by atoms with van der Waals surface area (Å²) >= 11 is 0. The predicted octanol–water partition coefficient (Wildman–Crippen LogP) is 4.36. The van der Waals surface area contributed by atoms with E-state index in [2.05, 4.69) is 0 Å². The Kier molecular flexibility index (Phi) is 5.33. The zero-order valence-electron chi connectivity index (χ0n) is 17.0. The maximum Gasteiger partial charge on any atom is 0.296 e. The second-order valence-corrected chi connectivity index (χ2v) is 7.27. The van der Waals surface area contributed by atoms with Gasteiger partial charge >= 0.3 is 0 Å². The Morgan fingerprint density at radius 2 is 1.90 bits per heavy atom. The van der Waals surface area contributed by atoms with Crippen LogP contribution in [0.15, 0.2) is 70.9 Å². The SMILES string of the molecule is COc1ccc(C(O)=C2C(=O)C(=O)N(Cc3ccco3)C2c2ccc(C)cc2)cc1F. The molecule has 1 unspecified atom stereocenters. The van der Waals surface area contributed by atoms with Crippen molar-refractivity contribution in [3.63, 3.8) is 0 Å². The molecule has 0 bridgehead atoms. The number of ketones is 1. The molecule has 3 aromatic rings. The van der Waals surface area contributed by atoms with Crippen LogP contribution in [0.1, 0.15) is 28.5 Å². The van der Waals surface area contributed by atoms with Crippen LogP contribution < -0.4 is 4.74 Å². The average molecular weight is 421 g/mol. The summed E-state index contributed by atoms with van der Waals surface area (Å²) in [5.74, 6) is -2.25. The van der Waals surface area contributed by atoms with E-state index in [1.54, 1.807) is 24.3 Å². The van der Waals surface area contributed by atoms with Gasteiger partial charge in [-0.3, -0.25) is 9.59 Å². The Hall–Kier alpha value is -3.87. The van der Waals surface area contributed by atoms with Gasteiger partial charge in [0.05, 0.1) is 31.5 Å². The summed E-state index contributed by atoms with van der Waals surface area (Å²) in [7, 11) is 1.33. The van der Waals surface area contributed by atoms with Crippen molar-refractivity contribution in [2.75, 3.05) is 7.11 Å². The van der Waals surface area contributed by atoms with Crippen LogP contribution in [0.3, 0.4) is 0 Å². The van der Waals surface area contributed by atoms with Crippen LogP contribution in [0.4, 0.5) is 4.39 Å². The van der Waals surface area contributed by atoms with Crippen LogP contribution in [0.25, 0.3) is 5.76 Å². The number of nitrogens with zero attached hydrogens (tertiary/aromatic N) is 1. The number of carbonyl (C=O) groups excluding carboxylic acids is 2. The highest BCUT2D eigenvalue weighted by Crippen LogP contribution is 2.40. The molecule has 158 valence electrons. The minimum absolute atomic E-state index is 0.00454. The standard InChI is InChI=1S/C24H20FNO5/c1-14-5-7-15(8-6-14)21-20(22(27)16-9-10-19(30-2)18(25)12-16)23(28)24(29)26(21)13-17-4-3-11-31-17/h3-12,21,27H,13H2,1-2H3. The molecule has 0 aliphatic carbocycles. The highest BCUT2D eigenvalue weighted by molar-refractivity contribution is 6.46. The fourth-order valence-corrected chi connectivity index (χ4v) is 3.68. The lowest BCUT2D eigenvalue weighted by atomic mass is 9.94. The van der Waals surface area contributed by atoms with Gasteiger partial charge in [0.1, 0.15) is 11.5 Å². The van der Waals surface area contributed by atoms with E-state index >= 15 is 0 Å². The van der Waals surface area contributed by atoms with Crippen LogP contribution in [-0.2, 0) is 16.1 Å². The minimum atomic E-state index is -0.851. The Morgan fingerprint density at radius 1 is 1.16 bits per heavy atom. The number of furan rings is 1. The fraction of sp³-hybridized carbons (Fsp3) is 0.167. The van der Waals surface area contributed by atoms with Crippen molar-refractivity contribution in [2.24, 2.45) is 0 Å². The molecule has 1 amide bonds. The summed E-state index contributed by atoms with van der Waals surface area (Å²) in [5, 5.41) is 11.0. The van der Waals surface area contributed by atoms with Crippen molar-refractivity contribution in [1.82, 2.24) is 4.90 Å². The number of likely N-dealkylation sites (tertiary alicyclic amines) is 1. The zero-order valence-corrected chi connectivity index (χ0v) is 17.0. The molecule has 6 nitrogen and oxygen atoms in total. The number of Topliss-reactive ketones (excluding diaryl/α,β-unsaturated/α-hetero) is 1. The van der Waals surface area contributed by atoms with Crippen LogP contribution in [-0.4, -0.2) is 28.8 Å². The quantitative estimate of drug-likeness (QED) is 0.376. The number of halogens is 1. The van der Waals surface area contributed by atoms with Crippen molar-refractivity contribution in [3.8, 4) is 5.75 Å². The molecular formula is C24H20FNO5. The smallest absolute Gasteiger partial charge is 0.296 e. The van der Waals surface area contributed by atoms with E-state index in [4.69, 9.17) is 9.15 Å². The third kappa shape index (κ3) is 3.70. The number of aliphatic hydroxyl groups excluding tert-OH is 1. The molecule has 1 saturated heterocycles. The number of methoxy groups -OCH3 is 1. The second-order valence-electron chi connectivity index (χ2n) is 7.27. The number of carbonyl (C=O) groups is 2. The van der Waals surface area contributed by atoms with Gasteiger partial charge in [0, 0.05) is 5.56 Å². The predicted molar refractivity (Wildman–Crippen MR) is 111 cm³/mol. The fourth-order valence-electron chi connectivity index (χ4n) is 3.68. The minimum Gasteiger partial charge on any atom is -0.507 e. The Bertz CT molecular complexity index is 1170. The largest absolute Gasteiger partial charge is 0.507 e. The Morgan fingerprint density at radius 3 is 2.52 bits per heavy atom. The van der Waals surface area contributed by atoms with Gasteiger partial charge in [-0.1, -0.05) is 29.8 Å². The lowest BCUT2D eigenvalue weighted by molar-refractivity contribution is -0.140. The molecule has 1 N–H and O–H groups in total. The second kappa shape index (κ2) is 8.10. The summed E-state index contributed by atoms with van der Waals surface area (Å²) in [6.07, 6.45) is 1.48. The first kappa shape index (κ1) is 20.4. The maximum atomic E-state index is 14.2. The van der Waals surface area contributed by atoms with Crippen LogP contribution in [0.5, 0.6) is 5.75 Å². The molecule has 0 saturated carbocycles. The number of rotatable bonds is 5. The highest BCUT2D eigenvalue weighted by Gasteiger charge is 2.46. The molecule has 1 aliphatic rings. The third-order valence-corrected chi connectivity index (χ3v) is 5.26. The number of amides is 1. The molecule has 1 fully saturated rings. The van der Waals surface area contributed by atoms with Gasteiger partial charge in [-0.25, -0.2) is 4.39 Å². The Labute approximate surface area is 178 Å². The van der Waals surface area contributed by atoms with Crippen LogP contribution >= 0.6 is 0 Å². The van der Waals surface area contributed by atoms with Crippen LogP contribution in [0, 0.1) is 12.7 Å². The summed E-state index contributed by atoms with van der Waals surface area (Å²) in [6, 6.07) is 13.7. The van der Waals surface area contributed by atoms with E-state index in [1.165, 1.54) is 30.4 Å². The summed E-state index contributed by atoms with van der Waals surface area (Å²) in [5.41, 5.74) is 1.62. The van der Waals surface area contributed by atoms with Gasteiger partial charge in [-0.15, -0.1) is 0 Å². The number of hydrogen-bond donors (Lipinski definition) is 1. The van der Waals surface area contributed by atoms with E-state index in [-0.39, 0.29) is 23.4 Å². The molecule has 0 spiro atoms. The summed E-state index contributed by atoms with van der Waals surface area (Å²) < 4.78 is 24.5. The normalized spacial score (nSPS) is 17.9. The molecular weight excluding hydrogens is 401 g/mol. The third-order valence-electron chi connectivity index (χ3n) is 5.26. The monoisotopic (exact) mass is 421 g/mol. The lowest BCUT2D eigenvalue weighted by Gasteiger charge is -2.24. The summed E-state index contributed by atoms with van der Waals surface area (Å²) in [4.78, 5) is 27.2. The van der Waals surface area contributed by atoms with E-state index in [1.807, 2.05) is 19.1 Å². The van der Waals surface area contributed by atoms with Gasteiger partial charge in [0.2, 0.25) is 0 Å². The number of aryl methyl sites for hydroxylation is 1. The van der Waals surface area contributed by atoms with Crippen molar-refractivity contribution >= 4 is 17.4 Å². The van der Waals surface area contributed by atoms with Crippen molar-refractivity contribution in [2.45, 2.75) is 19.5 Å². The van der Waals surface area contributed by atoms with E-state index in [0.717, 1.165) is 11.6 Å². The van der Waals surface area contributed by atoms with E-state index in [9.17, 15) is 19.1 Å². The molecule has 4 rings (SSSR count). The molecule has 1 aromatic heterocycles. The number of hydrogen-bond acceptors (Lipinski definition) is 5.